The summed E-state index contributed by atoms with van der Waals surface area (Å²) in [5.41, 5.74) is 0. The third-order valence-electron chi connectivity index (χ3n) is 3.04. The van der Waals surface area contributed by atoms with Gasteiger partial charge in [-0.05, 0) is 36.4 Å². The Morgan fingerprint density at radius 2 is 1.62 bits per heavy atom. The van der Waals surface area contributed by atoms with Crippen LogP contribution in [-0.4, -0.2) is 32.4 Å². The molecular formula is C19H20O5. The molecular weight excluding hydrogens is 308 g/mol. The van der Waals surface area contributed by atoms with Crippen molar-refractivity contribution in [2.75, 3.05) is 20.3 Å². The van der Waals surface area contributed by atoms with E-state index < -0.39 is 12.1 Å². The first-order valence-corrected chi connectivity index (χ1v) is 7.49. The van der Waals surface area contributed by atoms with Gasteiger partial charge in [-0.3, -0.25) is 0 Å². The Morgan fingerprint density at radius 1 is 1.00 bits per heavy atom. The molecule has 24 heavy (non-hydrogen) atoms. The largest absolute Gasteiger partial charge is 0.490 e. The van der Waals surface area contributed by atoms with Crippen LogP contribution in [0.15, 0.2) is 67.3 Å². The number of para-hydroxylation sites is 1. The van der Waals surface area contributed by atoms with Crippen molar-refractivity contribution < 1.29 is 23.7 Å². The molecule has 0 spiro atoms. The van der Waals surface area contributed by atoms with Gasteiger partial charge in [0.25, 0.3) is 0 Å². The van der Waals surface area contributed by atoms with Gasteiger partial charge in [-0.1, -0.05) is 24.8 Å². The lowest BCUT2D eigenvalue weighted by molar-refractivity contribution is -0.147. The first-order valence-electron chi connectivity index (χ1n) is 7.49. The van der Waals surface area contributed by atoms with Gasteiger partial charge in [0.05, 0.1) is 6.61 Å². The Kier molecular flexibility index (Phi) is 6.86. The fourth-order valence-electron chi connectivity index (χ4n) is 1.93. The first-order chi connectivity index (χ1) is 11.7. The highest BCUT2D eigenvalue weighted by atomic mass is 16.6. The maximum Gasteiger partial charge on any atom is 0.330 e. The number of hydrogen-bond acceptors (Lipinski definition) is 5. The Bertz CT molecular complexity index is 637. The predicted octanol–water partition coefficient (Wildman–Crippen LogP) is 3.60. The Morgan fingerprint density at radius 3 is 2.25 bits per heavy atom. The average Bonchev–Trinajstić information content (AvgIpc) is 2.62. The van der Waals surface area contributed by atoms with Crippen molar-refractivity contribution in [1.29, 1.82) is 0 Å². The molecule has 0 aromatic heterocycles. The molecule has 126 valence electrons. The first kappa shape index (κ1) is 17.6. The van der Waals surface area contributed by atoms with Crippen molar-refractivity contribution in [2.45, 2.75) is 6.10 Å². The highest BCUT2D eigenvalue weighted by Crippen LogP contribution is 2.23. The summed E-state index contributed by atoms with van der Waals surface area (Å²) in [5, 5.41) is 0. The molecule has 5 nitrogen and oxygen atoms in total. The van der Waals surface area contributed by atoms with Crippen LogP contribution in [0.2, 0.25) is 0 Å². The lowest BCUT2D eigenvalue weighted by atomic mass is 10.3. The number of carbonyl (C=O) groups is 1. The van der Waals surface area contributed by atoms with E-state index in [-0.39, 0.29) is 13.2 Å². The molecule has 0 heterocycles. The molecule has 2 aromatic carbocycles. The van der Waals surface area contributed by atoms with Crippen LogP contribution in [0, 0.1) is 0 Å². The number of esters is 1. The van der Waals surface area contributed by atoms with Crippen LogP contribution >= 0.6 is 0 Å². The van der Waals surface area contributed by atoms with Crippen molar-refractivity contribution in [3.8, 4) is 17.2 Å². The smallest absolute Gasteiger partial charge is 0.330 e. The van der Waals surface area contributed by atoms with Crippen molar-refractivity contribution in [2.24, 2.45) is 0 Å². The zero-order valence-corrected chi connectivity index (χ0v) is 13.5. The fourth-order valence-corrected chi connectivity index (χ4v) is 1.93. The van der Waals surface area contributed by atoms with Crippen molar-refractivity contribution >= 4 is 5.97 Å². The monoisotopic (exact) mass is 328 g/mol. The summed E-state index contributed by atoms with van der Waals surface area (Å²) in [5.74, 6) is 1.61. The average molecular weight is 328 g/mol. The molecule has 0 aliphatic rings. The standard InChI is InChI=1S/C19H20O5/c1-3-19(20)24-18(13-21-2)14-22-15-9-11-17(12-10-15)23-16-7-5-4-6-8-16/h3-12,18H,1,13-14H2,2H3. The number of rotatable bonds is 9. The summed E-state index contributed by atoms with van der Waals surface area (Å²) < 4.78 is 21.5. The lowest BCUT2D eigenvalue weighted by Crippen LogP contribution is -2.28. The van der Waals surface area contributed by atoms with Crippen LogP contribution in [0.1, 0.15) is 0 Å². The van der Waals surface area contributed by atoms with Crippen molar-refractivity contribution in [3.63, 3.8) is 0 Å². The SMILES string of the molecule is C=CC(=O)OC(COC)COc1ccc(Oc2ccccc2)cc1. The second-order valence-electron chi connectivity index (χ2n) is 4.92. The van der Waals surface area contributed by atoms with Gasteiger partial charge in [0.15, 0.2) is 6.10 Å². The number of ether oxygens (including phenoxy) is 4. The van der Waals surface area contributed by atoms with Crippen LogP contribution < -0.4 is 9.47 Å². The molecule has 0 fully saturated rings. The van der Waals surface area contributed by atoms with Crippen LogP contribution in [0.4, 0.5) is 0 Å². The van der Waals surface area contributed by atoms with Gasteiger partial charge >= 0.3 is 5.97 Å². The van der Waals surface area contributed by atoms with Crippen LogP contribution in [0.5, 0.6) is 17.2 Å². The molecule has 0 aliphatic carbocycles. The minimum Gasteiger partial charge on any atom is -0.490 e. The number of benzene rings is 2. The third-order valence-corrected chi connectivity index (χ3v) is 3.04. The molecule has 0 N–H and O–H groups in total. The third kappa shape index (κ3) is 5.78. The summed E-state index contributed by atoms with van der Waals surface area (Å²) in [7, 11) is 1.53. The van der Waals surface area contributed by atoms with Gasteiger partial charge in [-0.25, -0.2) is 4.79 Å². The van der Waals surface area contributed by atoms with Gasteiger partial charge < -0.3 is 18.9 Å². The minimum atomic E-state index is -0.507. The lowest BCUT2D eigenvalue weighted by Gasteiger charge is -2.17. The second-order valence-corrected chi connectivity index (χ2v) is 4.92. The minimum absolute atomic E-state index is 0.187. The molecule has 0 aliphatic heterocycles. The summed E-state index contributed by atoms with van der Waals surface area (Å²) in [6, 6.07) is 16.7. The number of carbonyl (C=O) groups excluding carboxylic acids is 1. The van der Waals surface area contributed by atoms with Gasteiger partial charge in [0.2, 0.25) is 0 Å². The molecule has 0 amide bonds. The van der Waals surface area contributed by atoms with Crippen molar-refractivity contribution in [3.05, 3.63) is 67.3 Å². The van der Waals surface area contributed by atoms with E-state index in [1.807, 2.05) is 42.5 Å². The van der Waals surface area contributed by atoms with Crippen molar-refractivity contribution in [1.82, 2.24) is 0 Å². The van der Waals surface area contributed by atoms with E-state index in [1.165, 1.54) is 7.11 Å². The second kappa shape index (κ2) is 9.37. The molecule has 1 atom stereocenters. The maximum atomic E-state index is 11.3. The molecule has 5 heteroatoms. The van der Waals surface area contributed by atoms with E-state index in [0.29, 0.717) is 11.5 Å². The molecule has 0 radical (unpaired) electrons. The normalized spacial score (nSPS) is 11.4. The predicted molar refractivity (Wildman–Crippen MR) is 90.4 cm³/mol. The molecule has 2 rings (SSSR count). The number of hydrogen-bond donors (Lipinski definition) is 0. The molecule has 0 saturated heterocycles. The van der Waals surface area contributed by atoms with E-state index in [0.717, 1.165) is 11.8 Å². The van der Waals surface area contributed by atoms with E-state index >= 15 is 0 Å². The topological polar surface area (TPSA) is 54.0 Å². The van der Waals surface area contributed by atoms with Gasteiger partial charge in [-0.2, -0.15) is 0 Å². The van der Waals surface area contributed by atoms with Crippen LogP contribution in [-0.2, 0) is 14.3 Å². The van der Waals surface area contributed by atoms with Gasteiger partial charge in [0, 0.05) is 13.2 Å². The van der Waals surface area contributed by atoms with Gasteiger partial charge in [-0.15, -0.1) is 0 Å². The van der Waals surface area contributed by atoms with E-state index in [1.54, 1.807) is 12.1 Å². The summed E-state index contributed by atoms with van der Waals surface area (Å²) >= 11 is 0. The highest BCUT2D eigenvalue weighted by molar-refractivity contribution is 5.81. The molecule has 0 bridgehead atoms. The van der Waals surface area contributed by atoms with E-state index in [2.05, 4.69) is 6.58 Å². The zero-order valence-electron chi connectivity index (χ0n) is 13.5. The Balaban J connectivity index is 1.88. The van der Waals surface area contributed by atoms with Crippen LogP contribution in [0.25, 0.3) is 0 Å². The molecule has 0 saturated carbocycles. The fraction of sp³-hybridized carbons (Fsp3) is 0.211. The summed E-state index contributed by atoms with van der Waals surface area (Å²) in [6.07, 6.45) is 0.610. The van der Waals surface area contributed by atoms with E-state index in [4.69, 9.17) is 18.9 Å². The summed E-state index contributed by atoms with van der Waals surface area (Å²) in [4.78, 5) is 11.3. The maximum absolute atomic E-state index is 11.3. The number of methoxy groups -OCH3 is 1. The van der Waals surface area contributed by atoms with E-state index in [9.17, 15) is 4.79 Å². The quantitative estimate of drug-likeness (QED) is 0.520. The zero-order chi connectivity index (χ0) is 17.2. The molecule has 1 unspecified atom stereocenters. The Hall–Kier alpha value is -2.79. The summed E-state index contributed by atoms with van der Waals surface area (Å²) in [6.45, 7) is 3.80. The molecule has 2 aromatic rings. The Labute approximate surface area is 141 Å². The van der Waals surface area contributed by atoms with Crippen LogP contribution in [0.3, 0.4) is 0 Å². The van der Waals surface area contributed by atoms with Gasteiger partial charge in [0.1, 0.15) is 23.9 Å². The highest BCUT2D eigenvalue weighted by Gasteiger charge is 2.13.